The molecular weight excluding hydrogens is 378 g/mol. The molecule has 2 N–H and O–H groups in total. The van der Waals surface area contributed by atoms with E-state index < -0.39 is 32.4 Å². The molecule has 0 saturated carbocycles. The Bertz CT molecular complexity index is 854. The SMILES string of the molecule is O=S(=O)(Nc1cccc(C(F)(F)F)c1)c1cc(Cl)cc(Cl)c1O. The number of anilines is 1. The number of halogens is 5. The maximum Gasteiger partial charge on any atom is 0.416 e. The quantitative estimate of drug-likeness (QED) is 0.815. The summed E-state index contributed by atoms with van der Waals surface area (Å²) in [6.07, 6.45) is -4.62. The van der Waals surface area contributed by atoms with Crippen LogP contribution in [0.15, 0.2) is 41.3 Å². The first-order valence-corrected chi connectivity index (χ1v) is 8.13. The second-order valence-corrected chi connectivity index (χ2v) is 6.91. The standard InChI is InChI=1S/C13H8Cl2F3NO3S/c14-8-5-10(15)12(20)11(6-8)23(21,22)19-9-3-1-2-7(4-9)13(16,17)18/h1-6,19-20H. The molecule has 0 aliphatic carbocycles. The normalized spacial score (nSPS) is 12.2. The van der Waals surface area contributed by atoms with E-state index in [0.29, 0.717) is 6.07 Å². The van der Waals surface area contributed by atoms with Gasteiger partial charge < -0.3 is 5.11 Å². The molecule has 0 bridgehead atoms. The third-order valence-electron chi connectivity index (χ3n) is 2.72. The summed E-state index contributed by atoms with van der Waals surface area (Å²) in [5, 5.41) is 9.37. The fourth-order valence-electron chi connectivity index (χ4n) is 1.72. The van der Waals surface area contributed by atoms with E-state index in [2.05, 4.69) is 0 Å². The molecule has 23 heavy (non-hydrogen) atoms. The van der Waals surface area contributed by atoms with Crippen LogP contribution in [0.2, 0.25) is 10.0 Å². The number of hydrogen-bond donors (Lipinski definition) is 2. The van der Waals surface area contributed by atoms with Gasteiger partial charge in [0, 0.05) is 10.7 Å². The minimum Gasteiger partial charge on any atom is -0.505 e. The molecule has 10 heteroatoms. The largest absolute Gasteiger partial charge is 0.505 e. The average molecular weight is 386 g/mol. The zero-order valence-corrected chi connectivity index (χ0v) is 13.4. The second-order valence-electron chi connectivity index (χ2n) is 4.42. The van der Waals surface area contributed by atoms with Crippen LogP contribution in [0.25, 0.3) is 0 Å². The Labute approximate surface area is 139 Å². The molecule has 2 rings (SSSR count). The van der Waals surface area contributed by atoms with Crippen molar-refractivity contribution in [3.05, 3.63) is 52.0 Å². The van der Waals surface area contributed by atoms with Gasteiger partial charge in [0.1, 0.15) is 4.90 Å². The van der Waals surface area contributed by atoms with Crippen LogP contribution in [0.5, 0.6) is 5.75 Å². The predicted octanol–water partition coefficient (Wildman–Crippen LogP) is 4.52. The van der Waals surface area contributed by atoms with Gasteiger partial charge in [-0.25, -0.2) is 8.42 Å². The highest BCUT2D eigenvalue weighted by Crippen LogP contribution is 2.36. The van der Waals surface area contributed by atoms with Crippen LogP contribution in [-0.2, 0) is 16.2 Å². The Morgan fingerprint density at radius 2 is 1.74 bits per heavy atom. The number of aromatic hydroxyl groups is 1. The zero-order valence-electron chi connectivity index (χ0n) is 11.0. The molecular formula is C13H8Cl2F3NO3S. The van der Waals surface area contributed by atoms with Gasteiger partial charge >= 0.3 is 6.18 Å². The fraction of sp³-hybridized carbons (Fsp3) is 0.0769. The molecule has 0 unspecified atom stereocenters. The van der Waals surface area contributed by atoms with Crippen molar-refractivity contribution in [3.8, 4) is 5.75 Å². The minimum atomic E-state index is -4.62. The summed E-state index contributed by atoms with van der Waals surface area (Å²) in [4.78, 5) is -0.646. The molecule has 0 aliphatic heterocycles. The third-order valence-corrected chi connectivity index (χ3v) is 4.63. The van der Waals surface area contributed by atoms with Crippen LogP contribution >= 0.6 is 23.2 Å². The topological polar surface area (TPSA) is 66.4 Å². The Morgan fingerprint density at radius 3 is 2.35 bits per heavy atom. The summed E-state index contributed by atoms with van der Waals surface area (Å²) in [5.41, 5.74) is -1.35. The Morgan fingerprint density at radius 1 is 1.09 bits per heavy atom. The van der Waals surface area contributed by atoms with Crippen LogP contribution in [0.3, 0.4) is 0 Å². The minimum absolute atomic E-state index is 0.0581. The molecule has 0 aromatic heterocycles. The average Bonchev–Trinajstić information content (AvgIpc) is 2.41. The number of nitrogens with one attached hydrogen (secondary N) is 1. The van der Waals surface area contributed by atoms with Crippen molar-refractivity contribution in [3.63, 3.8) is 0 Å². The molecule has 0 aliphatic rings. The highest BCUT2D eigenvalue weighted by Gasteiger charge is 2.31. The number of phenolic OH excluding ortho intramolecular Hbond substituents is 1. The summed E-state index contributed by atoms with van der Waals surface area (Å²) in [5.74, 6) is -0.754. The molecule has 2 aromatic carbocycles. The van der Waals surface area contributed by atoms with E-state index in [4.69, 9.17) is 23.2 Å². The number of hydrogen-bond acceptors (Lipinski definition) is 3. The molecule has 4 nitrogen and oxygen atoms in total. The molecule has 0 fully saturated rings. The smallest absolute Gasteiger partial charge is 0.416 e. The molecule has 0 heterocycles. The van der Waals surface area contributed by atoms with Crippen molar-refractivity contribution >= 4 is 38.9 Å². The van der Waals surface area contributed by atoms with Crippen LogP contribution in [-0.4, -0.2) is 13.5 Å². The second kappa shape index (κ2) is 6.10. The van der Waals surface area contributed by atoms with Crippen molar-refractivity contribution < 1.29 is 26.7 Å². The summed E-state index contributed by atoms with van der Waals surface area (Å²) in [6, 6.07) is 5.66. The number of rotatable bonds is 3. The Kier molecular flexibility index (Phi) is 4.70. The highest BCUT2D eigenvalue weighted by molar-refractivity contribution is 7.92. The first kappa shape index (κ1) is 17.7. The van der Waals surface area contributed by atoms with E-state index in [9.17, 15) is 26.7 Å². The number of sulfonamides is 1. The van der Waals surface area contributed by atoms with Crippen LogP contribution in [0.1, 0.15) is 5.56 Å². The summed E-state index contributed by atoms with van der Waals surface area (Å²) in [6.45, 7) is 0. The van der Waals surface area contributed by atoms with E-state index in [0.717, 1.165) is 30.3 Å². The number of alkyl halides is 3. The number of benzene rings is 2. The maximum absolute atomic E-state index is 12.6. The lowest BCUT2D eigenvalue weighted by Gasteiger charge is -2.12. The van der Waals surface area contributed by atoms with Gasteiger partial charge in [0.05, 0.1) is 10.6 Å². The van der Waals surface area contributed by atoms with Gasteiger partial charge in [0.15, 0.2) is 5.75 Å². The monoisotopic (exact) mass is 385 g/mol. The van der Waals surface area contributed by atoms with Gasteiger partial charge in [-0.1, -0.05) is 29.3 Å². The molecule has 2 aromatic rings. The highest BCUT2D eigenvalue weighted by atomic mass is 35.5. The van der Waals surface area contributed by atoms with Gasteiger partial charge in [-0.3, -0.25) is 4.72 Å². The van der Waals surface area contributed by atoms with E-state index >= 15 is 0 Å². The van der Waals surface area contributed by atoms with Gasteiger partial charge in [0.2, 0.25) is 0 Å². The first-order valence-electron chi connectivity index (χ1n) is 5.89. The van der Waals surface area contributed by atoms with Crippen LogP contribution < -0.4 is 4.72 Å². The van der Waals surface area contributed by atoms with E-state index in [1.807, 2.05) is 4.72 Å². The summed E-state index contributed by atoms with van der Waals surface area (Å²) >= 11 is 11.3. The van der Waals surface area contributed by atoms with E-state index in [1.165, 1.54) is 0 Å². The lowest BCUT2D eigenvalue weighted by Crippen LogP contribution is -2.14. The molecule has 0 atom stereocenters. The van der Waals surface area contributed by atoms with Crippen LogP contribution in [0.4, 0.5) is 18.9 Å². The zero-order chi connectivity index (χ0) is 17.4. The lowest BCUT2D eigenvalue weighted by molar-refractivity contribution is -0.137. The van der Waals surface area contributed by atoms with Crippen molar-refractivity contribution in [2.75, 3.05) is 4.72 Å². The van der Waals surface area contributed by atoms with Crippen molar-refractivity contribution in [1.29, 1.82) is 0 Å². The van der Waals surface area contributed by atoms with Gasteiger partial charge in [-0.15, -0.1) is 0 Å². The summed E-state index contributed by atoms with van der Waals surface area (Å²) < 4.78 is 64.3. The summed E-state index contributed by atoms with van der Waals surface area (Å²) in [7, 11) is -4.39. The maximum atomic E-state index is 12.6. The van der Waals surface area contributed by atoms with Crippen molar-refractivity contribution in [2.24, 2.45) is 0 Å². The van der Waals surface area contributed by atoms with Crippen LogP contribution in [0, 0.1) is 0 Å². The van der Waals surface area contributed by atoms with Gasteiger partial charge in [-0.05, 0) is 30.3 Å². The van der Waals surface area contributed by atoms with Gasteiger partial charge in [-0.2, -0.15) is 13.2 Å². The molecule has 0 radical (unpaired) electrons. The number of phenols is 1. The Balaban J connectivity index is 2.44. The third kappa shape index (κ3) is 4.01. The molecule has 124 valence electrons. The predicted molar refractivity (Wildman–Crippen MR) is 80.4 cm³/mol. The van der Waals surface area contributed by atoms with E-state index in [-0.39, 0.29) is 15.7 Å². The lowest BCUT2D eigenvalue weighted by atomic mass is 10.2. The fourth-order valence-corrected chi connectivity index (χ4v) is 3.52. The molecule has 0 saturated heterocycles. The van der Waals surface area contributed by atoms with Crippen molar-refractivity contribution in [2.45, 2.75) is 11.1 Å². The van der Waals surface area contributed by atoms with Crippen molar-refractivity contribution in [1.82, 2.24) is 0 Å². The Hall–Kier alpha value is -1.64. The molecule has 0 amide bonds. The van der Waals surface area contributed by atoms with E-state index in [1.54, 1.807) is 0 Å². The first-order chi connectivity index (χ1) is 10.5. The molecule has 0 spiro atoms. The van der Waals surface area contributed by atoms with Gasteiger partial charge in [0.25, 0.3) is 10.0 Å².